The second kappa shape index (κ2) is 2.82. The molecule has 0 bridgehead atoms. The largest absolute Gasteiger partial charge is 0.435 e. The number of aromatic nitrogens is 1. The van der Waals surface area contributed by atoms with Crippen LogP contribution in [0.2, 0.25) is 5.02 Å². The van der Waals surface area contributed by atoms with E-state index in [1.807, 2.05) is 0 Å². The van der Waals surface area contributed by atoms with Gasteiger partial charge in [-0.1, -0.05) is 11.6 Å². The maximum Gasteiger partial charge on any atom is 0.435 e. The lowest BCUT2D eigenvalue weighted by molar-refractivity contribution is -0.140. The van der Waals surface area contributed by atoms with E-state index in [0.717, 1.165) is 12.3 Å². The van der Waals surface area contributed by atoms with E-state index in [1.54, 1.807) is 0 Å². The summed E-state index contributed by atoms with van der Waals surface area (Å²) >= 11 is 5.36. The molecule has 2 nitrogen and oxygen atoms in total. The summed E-state index contributed by atoms with van der Waals surface area (Å²) in [6, 6.07) is 1.01. The molecule has 0 aliphatic heterocycles. The number of rotatable bonds is 0. The Hall–Kier alpha value is -0.970. The molecule has 0 aliphatic carbocycles. The van der Waals surface area contributed by atoms with Crippen molar-refractivity contribution in [2.75, 3.05) is 5.73 Å². The van der Waals surface area contributed by atoms with Gasteiger partial charge in [-0.25, -0.2) is 4.98 Å². The Morgan fingerprint density at radius 3 is 2.42 bits per heavy atom. The van der Waals surface area contributed by atoms with Crippen molar-refractivity contribution in [1.29, 1.82) is 0 Å². The van der Waals surface area contributed by atoms with Crippen LogP contribution in [0.4, 0.5) is 18.9 Å². The third kappa shape index (κ3) is 1.79. The van der Waals surface area contributed by atoms with E-state index in [0.29, 0.717) is 0 Å². The van der Waals surface area contributed by atoms with Gasteiger partial charge in [0, 0.05) is 6.20 Å². The predicted molar refractivity (Wildman–Crippen MR) is 38.7 cm³/mol. The fourth-order valence-electron chi connectivity index (χ4n) is 0.692. The fraction of sp³-hybridized carbons (Fsp3) is 0.167. The standard InChI is InChI=1S/C6H4ClF3N2/c7-3-1-4(11)5(12-2-3)6(8,9)10/h1-2H,11H2. The summed E-state index contributed by atoms with van der Waals surface area (Å²) in [5, 5.41) is 0.0838. The number of hydrogen-bond acceptors (Lipinski definition) is 2. The summed E-state index contributed by atoms with van der Waals surface area (Å²) in [7, 11) is 0. The highest BCUT2D eigenvalue weighted by Gasteiger charge is 2.34. The van der Waals surface area contributed by atoms with Crippen molar-refractivity contribution < 1.29 is 13.2 Å². The average molecular weight is 197 g/mol. The fourth-order valence-corrected chi connectivity index (χ4v) is 0.858. The van der Waals surface area contributed by atoms with Crippen molar-refractivity contribution in [3.63, 3.8) is 0 Å². The smallest absolute Gasteiger partial charge is 0.397 e. The first-order valence-electron chi connectivity index (χ1n) is 2.89. The second-order valence-corrected chi connectivity index (χ2v) is 2.53. The Labute approximate surface area is 71.2 Å². The van der Waals surface area contributed by atoms with Gasteiger partial charge in [-0.2, -0.15) is 13.2 Å². The lowest BCUT2D eigenvalue weighted by Crippen LogP contribution is -2.11. The number of halogens is 4. The second-order valence-electron chi connectivity index (χ2n) is 2.09. The van der Waals surface area contributed by atoms with Gasteiger partial charge in [0.25, 0.3) is 0 Å². The van der Waals surface area contributed by atoms with Crippen LogP contribution >= 0.6 is 11.6 Å². The minimum absolute atomic E-state index is 0.0838. The molecule has 2 N–H and O–H groups in total. The third-order valence-electron chi connectivity index (χ3n) is 1.15. The quantitative estimate of drug-likeness (QED) is 0.692. The SMILES string of the molecule is Nc1cc(Cl)cnc1C(F)(F)F. The van der Waals surface area contributed by atoms with E-state index < -0.39 is 17.6 Å². The summed E-state index contributed by atoms with van der Waals surface area (Å²) in [5.74, 6) is 0. The third-order valence-corrected chi connectivity index (χ3v) is 1.36. The summed E-state index contributed by atoms with van der Waals surface area (Å²) < 4.78 is 36.0. The zero-order chi connectivity index (χ0) is 9.35. The van der Waals surface area contributed by atoms with Crippen LogP contribution in [-0.4, -0.2) is 4.98 Å². The molecule has 1 aromatic rings. The zero-order valence-corrected chi connectivity index (χ0v) is 6.45. The average Bonchev–Trinajstić information content (AvgIpc) is 1.83. The van der Waals surface area contributed by atoms with Gasteiger partial charge in [-0.15, -0.1) is 0 Å². The van der Waals surface area contributed by atoms with Gasteiger partial charge in [0.05, 0.1) is 10.7 Å². The molecule has 0 amide bonds. The molecular weight excluding hydrogens is 193 g/mol. The first kappa shape index (κ1) is 9.12. The molecule has 0 saturated heterocycles. The monoisotopic (exact) mass is 196 g/mol. The molecule has 0 saturated carbocycles. The Bertz CT molecular complexity index is 297. The zero-order valence-electron chi connectivity index (χ0n) is 5.69. The van der Waals surface area contributed by atoms with E-state index in [1.165, 1.54) is 0 Å². The van der Waals surface area contributed by atoms with Crippen LogP contribution in [0.5, 0.6) is 0 Å². The number of nitrogens with zero attached hydrogens (tertiary/aromatic N) is 1. The van der Waals surface area contributed by atoms with Crippen molar-refractivity contribution in [3.8, 4) is 0 Å². The molecule has 1 heterocycles. The Morgan fingerprint density at radius 2 is 2.00 bits per heavy atom. The lowest BCUT2D eigenvalue weighted by Gasteiger charge is -2.07. The highest BCUT2D eigenvalue weighted by Crippen LogP contribution is 2.32. The van der Waals surface area contributed by atoms with Gasteiger partial charge in [0.2, 0.25) is 0 Å². The van der Waals surface area contributed by atoms with E-state index in [2.05, 4.69) is 4.98 Å². The molecule has 1 aromatic heterocycles. The number of hydrogen-bond donors (Lipinski definition) is 1. The predicted octanol–water partition coefficient (Wildman–Crippen LogP) is 2.34. The molecule has 0 unspecified atom stereocenters. The van der Waals surface area contributed by atoms with Gasteiger partial charge < -0.3 is 5.73 Å². The van der Waals surface area contributed by atoms with Crippen molar-refractivity contribution in [1.82, 2.24) is 4.98 Å². The highest BCUT2D eigenvalue weighted by atomic mass is 35.5. The molecule has 6 heteroatoms. The van der Waals surface area contributed by atoms with E-state index >= 15 is 0 Å². The Kier molecular flexibility index (Phi) is 2.14. The number of pyridine rings is 1. The number of nitrogen functional groups attached to an aromatic ring is 1. The molecule has 0 aliphatic rings. The van der Waals surface area contributed by atoms with Crippen molar-refractivity contribution >= 4 is 17.3 Å². The molecule has 0 aromatic carbocycles. The molecule has 0 atom stereocenters. The summed E-state index contributed by atoms with van der Waals surface area (Å²) in [6.07, 6.45) is -3.62. The van der Waals surface area contributed by atoms with Crippen molar-refractivity contribution in [2.24, 2.45) is 0 Å². The normalized spacial score (nSPS) is 11.7. The lowest BCUT2D eigenvalue weighted by atomic mass is 10.3. The van der Waals surface area contributed by atoms with Crippen LogP contribution in [0, 0.1) is 0 Å². The first-order chi connectivity index (χ1) is 5.41. The highest BCUT2D eigenvalue weighted by molar-refractivity contribution is 6.30. The van der Waals surface area contributed by atoms with Crippen LogP contribution in [0.1, 0.15) is 5.69 Å². The molecule has 0 fully saturated rings. The van der Waals surface area contributed by atoms with Crippen LogP contribution in [0.3, 0.4) is 0 Å². The van der Waals surface area contributed by atoms with E-state index in [-0.39, 0.29) is 5.02 Å². The van der Waals surface area contributed by atoms with E-state index in [9.17, 15) is 13.2 Å². The van der Waals surface area contributed by atoms with Crippen LogP contribution < -0.4 is 5.73 Å². The van der Waals surface area contributed by atoms with Crippen LogP contribution in [-0.2, 0) is 6.18 Å². The van der Waals surface area contributed by atoms with Gasteiger partial charge >= 0.3 is 6.18 Å². The number of alkyl halides is 3. The molecular formula is C6H4ClF3N2. The van der Waals surface area contributed by atoms with Gasteiger partial charge in [-0.05, 0) is 6.07 Å². The van der Waals surface area contributed by atoms with E-state index in [4.69, 9.17) is 17.3 Å². The number of nitrogens with two attached hydrogens (primary N) is 1. The maximum atomic E-state index is 12.0. The molecule has 1 rings (SSSR count). The van der Waals surface area contributed by atoms with Gasteiger partial charge in [0.1, 0.15) is 0 Å². The first-order valence-corrected chi connectivity index (χ1v) is 3.27. The molecule has 0 radical (unpaired) electrons. The maximum absolute atomic E-state index is 12.0. The summed E-state index contributed by atoms with van der Waals surface area (Å²) in [5.41, 5.74) is 3.47. The summed E-state index contributed by atoms with van der Waals surface area (Å²) in [4.78, 5) is 3.07. The van der Waals surface area contributed by atoms with Crippen molar-refractivity contribution in [3.05, 3.63) is 23.0 Å². The molecule has 12 heavy (non-hydrogen) atoms. The topological polar surface area (TPSA) is 38.9 Å². The Morgan fingerprint density at radius 1 is 1.42 bits per heavy atom. The van der Waals surface area contributed by atoms with Gasteiger partial charge in [-0.3, -0.25) is 0 Å². The van der Waals surface area contributed by atoms with Crippen molar-refractivity contribution in [2.45, 2.75) is 6.18 Å². The molecule has 0 spiro atoms. The minimum atomic E-state index is -4.52. The number of anilines is 1. The van der Waals surface area contributed by atoms with Crippen LogP contribution in [0.15, 0.2) is 12.3 Å². The minimum Gasteiger partial charge on any atom is -0.397 e. The Balaban J connectivity index is 3.19. The summed E-state index contributed by atoms with van der Waals surface area (Å²) in [6.45, 7) is 0. The molecule has 66 valence electrons. The van der Waals surface area contributed by atoms with Gasteiger partial charge in [0.15, 0.2) is 5.69 Å². The van der Waals surface area contributed by atoms with Crippen LogP contribution in [0.25, 0.3) is 0 Å².